The summed E-state index contributed by atoms with van der Waals surface area (Å²) in [5.41, 5.74) is 4.46. The summed E-state index contributed by atoms with van der Waals surface area (Å²) in [4.78, 5) is 11.8. The lowest BCUT2D eigenvalue weighted by atomic mass is 9.82. The van der Waals surface area contributed by atoms with Crippen LogP contribution in [-0.2, 0) is 4.79 Å². The van der Waals surface area contributed by atoms with Gasteiger partial charge in [-0.3, -0.25) is 15.6 Å². The molecule has 2 rings (SSSR count). The van der Waals surface area contributed by atoms with Gasteiger partial charge in [0.1, 0.15) is 5.75 Å². The van der Waals surface area contributed by atoms with Gasteiger partial charge >= 0.3 is 6.36 Å². The molecule has 0 aromatic heterocycles. The van der Waals surface area contributed by atoms with Gasteiger partial charge in [0, 0.05) is 0 Å². The summed E-state index contributed by atoms with van der Waals surface area (Å²) >= 11 is 0. The molecule has 1 amide bonds. The van der Waals surface area contributed by atoms with Crippen LogP contribution in [0.15, 0.2) is 24.3 Å². The third-order valence-corrected chi connectivity index (χ3v) is 3.71. The van der Waals surface area contributed by atoms with Crippen LogP contribution in [0.25, 0.3) is 0 Å². The number of carbonyl (C=O) groups excluding carboxylic acids is 1. The molecule has 1 aliphatic rings. The van der Waals surface area contributed by atoms with Crippen LogP contribution in [-0.4, -0.2) is 23.0 Å². The monoisotopic (exact) mass is 332 g/mol. The minimum Gasteiger partial charge on any atom is -0.406 e. The quantitative estimate of drug-likeness (QED) is 0.725. The molecular formula is C15H19F3N2O3. The van der Waals surface area contributed by atoms with E-state index < -0.39 is 12.0 Å². The number of amides is 1. The summed E-state index contributed by atoms with van der Waals surface area (Å²) in [5, 5.41) is 10.3. The second kappa shape index (κ2) is 7.08. The minimum atomic E-state index is -4.74. The predicted octanol–water partition coefficient (Wildman–Crippen LogP) is 3.11. The van der Waals surface area contributed by atoms with Gasteiger partial charge in [-0.15, -0.1) is 13.2 Å². The Hall–Kier alpha value is -1.96. The van der Waals surface area contributed by atoms with E-state index in [1.54, 1.807) is 0 Å². The summed E-state index contributed by atoms with van der Waals surface area (Å²) in [6.45, 7) is 0. The Morgan fingerprint density at radius 1 is 1.17 bits per heavy atom. The van der Waals surface area contributed by atoms with Crippen LogP contribution >= 0.6 is 0 Å². The van der Waals surface area contributed by atoms with Crippen molar-refractivity contribution < 1.29 is 27.8 Å². The van der Waals surface area contributed by atoms with Crippen LogP contribution in [0, 0.1) is 0 Å². The third-order valence-electron chi connectivity index (χ3n) is 3.71. The molecule has 0 radical (unpaired) electrons. The standard InChI is InChI=1S/C15H19F3N2O3/c16-15(17,18)23-12-6-4-11(5-7-12)19-20-13(21)10-14(22)8-2-1-3-9-14/h4-7,19,22H,1-3,8-10H2,(H,20,21). The molecule has 3 N–H and O–H groups in total. The second-order valence-electron chi connectivity index (χ2n) is 5.71. The van der Waals surface area contributed by atoms with Crippen molar-refractivity contribution in [1.29, 1.82) is 0 Å². The van der Waals surface area contributed by atoms with Crippen LogP contribution < -0.4 is 15.6 Å². The maximum Gasteiger partial charge on any atom is 0.573 e. The van der Waals surface area contributed by atoms with Gasteiger partial charge in [-0.2, -0.15) is 0 Å². The molecule has 0 heterocycles. The van der Waals surface area contributed by atoms with E-state index in [1.807, 2.05) is 0 Å². The fourth-order valence-corrected chi connectivity index (χ4v) is 2.61. The van der Waals surface area contributed by atoms with E-state index in [9.17, 15) is 23.1 Å². The van der Waals surface area contributed by atoms with Crippen molar-refractivity contribution in [2.24, 2.45) is 0 Å². The van der Waals surface area contributed by atoms with Gasteiger partial charge in [-0.1, -0.05) is 19.3 Å². The fourth-order valence-electron chi connectivity index (χ4n) is 2.61. The molecular weight excluding hydrogens is 313 g/mol. The molecule has 1 aliphatic carbocycles. The zero-order valence-electron chi connectivity index (χ0n) is 12.4. The predicted molar refractivity (Wildman–Crippen MR) is 77.5 cm³/mol. The van der Waals surface area contributed by atoms with Crippen molar-refractivity contribution in [3.8, 4) is 5.75 Å². The highest BCUT2D eigenvalue weighted by Crippen LogP contribution is 2.30. The van der Waals surface area contributed by atoms with E-state index >= 15 is 0 Å². The first-order chi connectivity index (χ1) is 10.8. The van der Waals surface area contributed by atoms with Crippen molar-refractivity contribution in [2.45, 2.75) is 50.5 Å². The molecule has 5 nitrogen and oxygen atoms in total. The van der Waals surface area contributed by atoms with Crippen LogP contribution in [0.5, 0.6) is 5.75 Å². The molecule has 1 aromatic carbocycles. The van der Waals surface area contributed by atoms with Crippen LogP contribution in [0.3, 0.4) is 0 Å². The minimum absolute atomic E-state index is 0.00469. The number of alkyl halides is 3. The third kappa shape index (κ3) is 5.97. The Bertz CT molecular complexity index is 526. The van der Waals surface area contributed by atoms with E-state index in [-0.39, 0.29) is 18.1 Å². The van der Waals surface area contributed by atoms with Crippen molar-refractivity contribution in [2.75, 3.05) is 5.43 Å². The SMILES string of the molecule is O=C(CC1(O)CCCCC1)NNc1ccc(OC(F)(F)F)cc1. The molecule has 0 saturated heterocycles. The molecule has 0 unspecified atom stereocenters. The summed E-state index contributed by atoms with van der Waals surface area (Å²) in [6, 6.07) is 4.96. The van der Waals surface area contributed by atoms with Crippen molar-refractivity contribution in [3.63, 3.8) is 0 Å². The highest BCUT2D eigenvalue weighted by Gasteiger charge is 2.32. The van der Waals surface area contributed by atoms with E-state index in [2.05, 4.69) is 15.6 Å². The zero-order chi connectivity index (χ0) is 16.9. The van der Waals surface area contributed by atoms with Gasteiger partial charge < -0.3 is 9.84 Å². The maximum atomic E-state index is 12.0. The first kappa shape index (κ1) is 17.4. The van der Waals surface area contributed by atoms with Crippen LogP contribution in [0.4, 0.5) is 18.9 Å². The Kier molecular flexibility index (Phi) is 5.35. The average Bonchev–Trinajstić information content (AvgIpc) is 2.45. The van der Waals surface area contributed by atoms with Gasteiger partial charge in [-0.25, -0.2) is 0 Å². The number of halogens is 3. The molecule has 23 heavy (non-hydrogen) atoms. The van der Waals surface area contributed by atoms with E-state index in [0.717, 1.165) is 31.4 Å². The number of carbonyl (C=O) groups is 1. The average molecular weight is 332 g/mol. The largest absolute Gasteiger partial charge is 0.573 e. The van der Waals surface area contributed by atoms with Gasteiger partial charge in [-0.05, 0) is 37.1 Å². The Labute approximate surface area is 131 Å². The van der Waals surface area contributed by atoms with E-state index in [0.29, 0.717) is 18.5 Å². The van der Waals surface area contributed by atoms with Crippen LogP contribution in [0.1, 0.15) is 38.5 Å². The Morgan fingerprint density at radius 3 is 2.35 bits per heavy atom. The summed E-state index contributed by atoms with van der Waals surface area (Å²) in [6.07, 6.45) is -0.675. The van der Waals surface area contributed by atoms with Gasteiger partial charge in [0.05, 0.1) is 17.7 Å². The van der Waals surface area contributed by atoms with E-state index in [4.69, 9.17) is 0 Å². The molecule has 0 atom stereocenters. The number of benzene rings is 1. The second-order valence-corrected chi connectivity index (χ2v) is 5.71. The van der Waals surface area contributed by atoms with Crippen molar-refractivity contribution >= 4 is 11.6 Å². The molecule has 8 heteroatoms. The molecule has 1 saturated carbocycles. The fraction of sp³-hybridized carbons (Fsp3) is 0.533. The summed E-state index contributed by atoms with van der Waals surface area (Å²) in [5.74, 6) is -0.712. The van der Waals surface area contributed by atoms with Gasteiger partial charge in [0.15, 0.2) is 0 Å². The Balaban J connectivity index is 1.80. The molecule has 0 aliphatic heterocycles. The number of hydrogen-bond acceptors (Lipinski definition) is 4. The first-order valence-corrected chi connectivity index (χ1v) is 7.39. The van der Waals surface area contributed by atoms with E-state index in [1.165, 1.54) is 12.1 Å². The first-order valence-electron chi connectivity index (χ1n) is 7.39. The maximum absolute atomic E-state index is 12.0. The molecule has 0 bridgehead atoms. The number of rotatable bonds is 5. The van der Waals surface area contributed by atoms with Gasteiger partial charge in [0.25, 0.3) is 0 Å². The molecule has 1 fully saturated rings. The number of aliphatic hydroxyl groups is 1. The van der Waals surface area contributed by atoms with Crippen molar-refractivity contribution in [1.82, 2.24) is 5.43 Å². The highest BCUT2D eigenvalue weighted by atomic mass is 19.4. The molecule has 0 spiro atoms. The normalized spacial score (nSPS) is 17.4. The lowest BCUT2D eigenvalue weighted by Gasteiger charge is -2.31. The highest BCUT2D eigenvalue weighted by molar-refractivity contribution is 5.78. The lowest BCUT2D eigenvalue weighted by molar-refractivity contribution is -0.274. The number of ether oxygens (including phenoxy) is 1. The molecule has 128 valence electrons. The number of anilines is 1. The Morgan fingerprint density at radius 2 is 1.78 bits per heavy atom. The number of hydrogen-bond donors (Lipinski definition) is 3. The van der Waals surface area contributed by atoms with Crippen LogP contribution in [0.2, 0.25) is 0 Å². The zero-order valence-corrected chi connectivity index (χ0v) is 12.4. The summed E-state index contributed by atoms with van der Waals surface area (Å²) < 4.78 is 39.9. The van der Waals surface area contributed by atoms with Crippen molar-refractivity contribution in [3.05, 3.63) is 24.3 Å². The smallest absolute Gasteiger partial charge is 0.406 e. The summed E-state index contributed by atoms with van der Waals surface area (Å²) in [7, 11) is 0. The molecule has 1 aromatic rings. The van der Waals surface area contributed by atoms with Gasteiger partial charge in [0.2, 0.25) is 5.91 Å². The topological polar surface area (TPSA) is 70.6 Å². The lowest BCUT2D eigenvalue weighted by Crippen LogP contribution is -2.40. The number of nitrogens with one attached hydrogen (secondary N) is 2. The number of hydrazine groups is 1.